The number of pyridine rings is 1. The summed E-state index contributed by atoms with van der Waals surface area (Å²) in [7, 11) is 1.80. The minimum absolute atomic E-state index is 0.812. The van der Waals surface area contributed by atoms with Gasteiger partial charge in [-0.25, -0.2) is 0 Å². The summed E-state index contributed by atoms with van der Waals surface area (Å²) < 4.78 is 0. The summed E-state index contributed by atoms with van der Waals surface area (Å²) in [6.07, 6.45) is 2.71. The second kappa shape index (κ2) is 10.3. The van der Waals surface area contributed by atoms with Crippen molar-refractivity contribution in [3.63, 3.8) is 0 Å². The Bertz CT molecular complexity index is 654. The van der Waals surface area contributed by atoms with Crippen LogP contribution in [0.4, 0.5) is 5.69 Å². The molecule has 2 rings (SSSR count). The summed E-state index contributed by atoms with van der Waals surface area (Å²) in [6, 6.07) is 14.6. The highest BCUT2D eigenvalue weighted by Crippen LogP contribution is 2.14. The number of rotatable bonds is 8. The summed E-state index contributed by atoms with van der Waals surface area (Å²) in [5.41, 5.74) is 3.64. The normalized spacial score (nSPS) is 11.2. The molecule has 0 unspecified atom stereocenters. The molecule has 25 heavy (non-hydrogen) atoms. The fraction of sp³-hybridized carbons (Fsp3) is 0.400. The van der Waals surface area contributed by atoms with Crippen LogP contribution in [-0.2, 0) is 6.42 Å². The van der Waals surface area contributed by atoms with Crippen LogP contribution >= 0.6 is 0 Å². The zero-order chi connectivity index (χ0) is 17.9. The lowest BCUT2D eigenvalue weighted by atomic mass is 10.2. The van der Waals surface area contributed by atoms with Gasteiger partial charge in [0.15, 0.2) is 5.96 Å². The van der Waals surface area contributed by atoms with Gasteiger partial charge in [0.25, 0.3) is 0 Å². The molecule has 0 saturated heterocycles. The molecule has 0 saturated carbocycles. The first-order valence-corrected chi connectivity index (χ1v) is 8.89. The van der Waals surface area contributed by atoms with E-state index in [1.54, 1.807) is 7.05 Å². The van der Waals surface area contributed by atoms with E-state index in [0.29, 0.717) is 0 Å². The fourth-order valence-electron chi connectivity index (χ4n) is 2.68. The maximum Gasteiger partial charge on any atom is 0.191 e. The molecule has 0 aliphatic rings. The lowest BCUT2D eigenvalue weighted by Gasteiger charge is -2.24. The molecule has 2 N–H and O–H groups in total. The first kappa shape index (κ1) is 18.8. The predicted molar refractivity (Wildman–Crippen MR) is 106 cm³/mol. The van der Waals surface area contributed by atoms with Gasteiger partial charge in [-0.2, -0.15) is 0 Å². The van der Waals surface area contributed by atoms with Crippen LogP contribution in [0.1, 0.15) is 18.2 Å². The van der Waals surface area contributed by atoms with E-state index >= 15 is 0 Å². The Morgan fingerprint density at radius 2 is 1.96 bits per heavy atom. The van der Waals surface area contributed by atoms with Crippen molar-refractivity contribution in [2.45, 2.75) is 20.3 Å². The molecule has 1 heterocycles. The van der Waals surface area contributed by atoms with Gasteiger partial charge in [0.2, 0.25) is 0 Å². The molecule has 1 aromatic carbocycles. The molecule has 0 aliphatic carbocycles. The highest BCUT2D eigenvalue weighted by atomic mass is 15.2. The van der Waals surface area contributed by atoms with Crippen LogP contribution in [0.25, 0.3) is 0 Å². The van der Waals surface area contributed by atoms with Gasteiger partial charge in [-0.05, 0) is 43.7 Å². The Kier molecular flexibility index (Phi) is 7.76. The van der Waals surface area contributed by atoms with Crippen LogP contribution in [0.3, 0.4) is 0 Å². The summed E-state index contributed by atoms with van der Waals surface area (Å²) in [6.45, 7) is 7.88. The second-order valence-electron chi connectivity index (χ2n) is 5.92. The fourth-order valence-corrected chi connectivity index (χ4v) is 2.68. The molecule has 0 amide bonds. The maximum atomic E-state index is 4.33. The van der Waals surface area contributed by atoms with Crippen LogP contribution in [0.15, 0.2) is 53.7 Å². The highest BCUT2D eigenvalue weighted by Gasteiger charge is 2.05. The third kappa shape index (κ3) is 6.45. The molecule has 5 heteroatoms. The number of nitrogens with one attached hydrogen (secondary N) is 2. The van der Waals surface area contributed by atoms with Crippen LogP contribution in [-0.4, -0.2) is 44.2 Å². The Hall–Kier alpha value is -2.56. The van der Waals surface area contributed by atoms with Gasteiger partial charge in [-0.3, -0.25) is 9.98 Å². The van der Waals surface area contributed by atoms with Crippen LogP contribution in [0.2, 0.25) is 0 Å². The van der Waals surface area contributed by atoms with Crippen LogP contribution in [0, 0.1) is 6.92 Å². The number of anilines is 1. The minimum atomic E-state index is 0.812. The first-order chi connectivity index (χ1) is 12.2. The molecule has 1 aromatic heterocycles. The van der Waals surface area contributed by atoms with Crippen molar-refractivity contribution in [1.82, 2.24) is 15.6 Å². The average molecular weight is 339 g/mol. The molecular formula is C20H29N5. The van der Waals surface area contributed by atoms with Crippen molar-refractivity contribution in [3.8, 4) is 0 Å². The quantitative estimate of drug-likeness (QED) is 0.573. The molecule has 0 aliphatic heterocycles. The van der Waals surface area contributed by atoms with Crippen LogP contribution < -0.4 is 15.5 Å². The van der Waals surface area contributed by atoms with Gasteiger partial charge in [0.1, 0.15) is 0 Å². The number of hydrogen-bond donors (Lipinski definition) is 2. The van der Waals surface area contributed by atoms with Crippen molar-refractivity contribution < 1.29 is 0 Å². The number of aliphatic imine (C=N–C) groups is 1. The Morgan fingerprint density at radius 3 is 2.64 bits per heavy atom. The smallest absolute Gasteiger partial charge is 0.191 e. The summed E-state index contributed by atoms with van der Waals surface area (Å²) in [5, 5.41) is 6.72. The number of aromatic nitrogens is 1. The highest BCUT2D eigenvalue weighted by molar-refractivity contribution is 5.79. The van der Waals surface area contributed by atoms with Gasteiger partial charge in [-0.15, -0.1) is 0 Å². The maximum absolute atomic E-state index is 4.33. The summed E-state index contributed by atoms with van der Waals surface area (Å²) in [5.74, 6) is 0.830. The largest absolute Gasteiger partial charge is 0.370 e. The van der Waals surface area contributed by atoms with Gasteiger partial charge in [-0.1, -0.05) is 18.2 Å². The SMILES string of the molecule is CCN(CCNC(=NC)NCCc1ccccn1)c1cccc(C)c1. The van der Waals surface area contributed by atoms with Crippen molar-refractivity contribution >= 4 is 11.6 Å². The molecule has 2 aromatic rings. The number of guanidine groups is 1. The lowest BCUT2D eigenvalue weighted by Crippen LogP contribution is -2.42. The number of likely N-dealkylation sites (N-methyl/N-ethyl adjacent to an activating group) is 1. The number of benzene rings is 1. The zero-order valence-electron chi connectivity index (χ0n) is 15.5. The number of hydrogen-bond acceptors (Lipinski definition) is 3. The molecule has 134 valence electrons. The Morgan fingerprint density at radius 1 is 1.12 bits per heavy atom. The van der Waals surface area contributed by atoms with Crippen molar-refractivity contribution in [2.75, 3.05) is 38.1 Å². The molecular weight excluding hydrogens is 310 g/mol. The molecule has 5 nitrogen and oxygen atoms in total. The predicted octanol–water partition coefficient (Wildman–Crippen LogP) is 2.62. The molecule has 0 fully saturated rings. The van der Waals surface area contributed by atoms with E-state index in [9.17, 15) is 0 Å². The van der Waals surface area contributed by atoms with E-state index in [2.05, 4.69) is 63.6 Å². The topological polar surface area (TPSA) is 52.5 Å². The molecule has 0 radical (unpaired) electrons. The van der Waals surface area contributed by atoms with Gasteiger partial charge in [0.05, 0.1) is 0 Å². The summed E-state index contributed by atoms with van der Waals surface area (Å²) >= 11 is 0. The standard InChI is InChI=1S/C20H29N5/c1-4-25(19-10-7-8-17(2)16-19)15-14-24-20(21-3)23-13-11-18-9-5-6-12-22-18/h5-10,12,16H,4,11,13-15H2,1-3H3,(H2,21,23,24). The minimum Gasteiger partial charge on any atom is -0.370 e. The average Bonchev–Trinajstić information content (AvgIpc) is 2.64. The first-order valence-electron chi connectivity index (χ1n) is 8.89. The van der Waals surface area contributed by atoms with Crippen molar-refractivity contribution in [3.05, 3.63) is 59.9 Å². The summed E-state index contributed by atoms with van der Waals surface area (Å²) in [4.78, 5) is 11.0. The van der Waals surface area contributed by atoms with E-state index in [1.807, 2.05) is 24.4 Å². The third-order valence-electron chi connectivity index (χ3n) is 4.05. The molecule has 0 spiro atoms. The zero-order valence-corrected chi connectivity index (χ0v) is 15.5. The number of aryl methyl sites for hydroxylation is 1. The van der Waals surface area contributed by atoms with Crippen molar-refractivity contribution in [1.29, 1.82) is 0 Å². The van der Waals surface area contributed by atoms with E-state index in [-0.39, 0.29) is 0 Å². The number of nitrogens with zero attached hydrogens (tertiary/aromatic N) is 3. The van der Waals surface area contributed by atoms with Gasteiger partial charge < -0.3 is 15.5 Å². The molecule has 0 bridgehead atoms. The van der Waals surface area contributed by atoms with E-state index in [0.717, 1.165) is 44.3 Å². The second-order valence-corrected chi connectivity index (χ2v) is 5.92. The van der Waals surface area contributed by atoms with E-state index in [1.165, 1.54) is 11.3 Å². The van der Waals surface area contributed by atoms with Crippen molar-refractivity contribution in [2.24, 2.45) is 4.99 Å². The van der Waals surface area contributed by atoms with E-state index in [4.69, 9.17) is 0 Å². The Labute approximate surface area is 151 Å². The monoisotopic (exact) mass is 339 g/mol. The Balaban J connectivity index is 1.74. The molecule has 0 atom stereocenters. The third-order valence-corrected chi connectivity index (χ3v) is 4.05. The van der Waals surface area contributed by atoms with Gasteiger partial charge in [0, 0.05) is 57.2 Å². The van der Waals surface area contributed by atoms with Crippen LogP contribution in [0.5, 0.6) is 0 Å². The van der Waals surface area contributed by atoms with E-state index < -0.39 is 0 Å². The lowest BCUT2D eigenvalue weighted by molar-refractivity contribution is 0.744. The van der Waals surface area contributed by atoms with Gasteiger partial charge >= 0.3 is 0 Å².